The molecular formula is C27H28ClN3O4. The Morgan fingerprint density at radius 3 is 2.31 bits per heavy atom. The predicted molar refractivity (Wildman–Crippen MR) is 137 cm³/mol. The number of nitrogens with one attached hydrogen (secondary N) is 1. The molecule has 0 bridgehead atoms. The Balaban J connectivity index is 1.35. The van der Waals surface area contributed by atoms with Crippen molar-refractivity contribution in [2.75, 3.05) is 32.6 Å². The summed E-state index contributed by atoms with van der Waals surface area (Å²) in [5.41, 5.74) is 10.0. The Hall–Kier alpha value is -3.55. The van der Waals surface area contributed by atoms with Crippen molar-refractivity contribution < 1.29 is 19.1 Å². The molecule has 2 amide bonds. The van der Waals surface area contributed by atoms with E-state index in [0.717, 1.165) is 44.0 Å². The highest BCUT2D eigenvalue weighted by Gasteiger charge is 2.19. The number of benzene rings is 3. The molecule has 0 spiro atoms. The fourth-order valence-electron chi connectivity index (χ4n) is 4.29. The van der Waals surface area contributed by atoms with E-state index in [1.807, 2.05) is 24.3 Å². The van der Waals surface area contributed by atoms with Gasteiger partial charge in [0.15, 0.2) is 11.5 Å². The molecule has 1 aliphatic heterocycles. The van der Waals surface area contributed by atoms with E-state index in [9.17, 15) is 9.59 Å². The van der Waals surface area contributed by atoms with Crippen molar-refractivity contribution in [3.8, 4) is 11.5 Å². The Bertz CT molecular complexity index is 1240. The fraction of sp³-hybridized carbons (Fsp3) is 0.259. The molecule has 1 heterocycles. The number of primary amides is 1. The molecular weight excluding hydrogens is 466 g/mol. The molecule has 0 atom stereocenters. The summed E-state index contributed by atoms with van der Waals surface area (Å²) in [6, 6.07) is 16.3. The van der Waals surface area contributed by atoms with Gasteiger partial charge in [0, 0.05) is 30.3 Å². The number of halogens is 1. The van der Waals surface area contributed by atoms with Gasteiger partial charge < -0.3 is 20.5 Å². The first-order chi connectivity index (χ1) is 16.9. The zero-order valence-electron chi connectivity index (χ0n) is 19.8. The standard InChI is InChI=1S/C27H28ClN3O4/c1-34-24-13-18-10-12-31(16-19(18)14-25(24)35-2)11-9-17-3-6-21(7-4-17)30-27(33)23-15-20(28)5-8-22(23)26(29)32/h3-8,13-15H,9-12,16H2,1-2H3,(H2,29,32)(H,30,33). The molecule has 0 radical (unpaired) electrons. The molecule has 0 saturated carbocycles. The first-order valence-electron chi connectivity index (χ1n) is 11.3. The maximum atomic E-state index is 12.7. The van der Waals surface area contributed by atoms with Crippen LogP contribution in [0, 0.1) is 0 Å². The number of hydrogen-bond acceptors (Lipinski definition) is 5. The molecule has 0 unspecified atom stereocenters. The largest absolute Gasteiger partial charge is 0.493 e. The van der Waals surface area contributed by atoms with Gasteiger partial charge in [0.25, 0.3) is 5.91 Å². The number of rotatable bonds is 8. The maximum absolute atomic E-state index is 12.7. The average Bonchev–Trinajstić information content (AvgIpc) is 2.87. The van der Waals surface area contributed by atoms with Gasteiger partial charge in [-0.15, -0.1) is 0 Å². The number of fused-ring (bicyclic) bond motifs is 1. The van der Waals surface area contributed by atoms with Crippen molar-refractivity contribution >= 4 is 29.1 Å². The zero-order chi connectivity index (χ0) is 24.9. The molecule has 3 aromatic carbocycles. The van der Waals surface area contributed by atoms with Gasteiger partial charge in [-0.05, 0) is 72.0 Å². The maximum Gasteiger partial charge on any atom is 0.256 e. The second-order valence-electron chi connectivity index (χ2n) is 8.46. The van der Waals surface area contributed by atoms with Crippen molar-refractivity contribution in [2.24, 2.45) is 5.73 Å². The molecule has 4 rings (SSSR count). The van der Waals surface area contributed by atoms with Gasteiger partial charge in [0.2, 0.25) is 5.91 Å². The summed E-state index contributed by atoms with van der Waals surface area (Å²) < 4.78 is 10.9. The van der Waals surface area contributed by atoms with E-state index >= 15 is 0 Å². The number of hydrogen-bond donors (Lipinski definition) is 2. The molecule has 0 aliphatic carbocycles. The minimum Gasteiger partial charge on any atom is -0.493 e. The van der Waals surface area contributed by atoms with Gasteiger partial charge in [-0.2, -0.15) is 0 Å². The zero-order valence-corrected chi connectivity index (χ0v) is 20.5. The minimum atomic E-state index is -0.680. The van der Waals surface area contributed by atoms with Crippen LogP contribution in [0.4, 0.5) is 5.69 Å². The molecule has 8 heteroatoms. The number of nitrogens with zero attached hydrogens (tertiary/aromatic N) is 1. The van der Waals surface area contributed by atoms with E-state index < -0.39 is 11.8 Å². The van der Waals surface area contributed by atoms with E-state index in [-0.39, 0.29) is 11.1 Å². The van der Waals surface area contributed by atoms with Gasteiger partial charge >= 0.3 is 0 Å². The van der Waals surface area contributed by atoms with E-state index in [4.69, 9.17) is 26.8 Å². The summed E-state index contributed by atoms with van der Waals surface area (Å²) in [6.07, 6.45) is 1.86. The van der Waals surface area contributed by atoms with Gasteiger partial charge in [-0.3, -0.25) is 14.5 Å². The third kappa shape index (κ3) is 5.75. The van der Waals surface area contributed by atoms with Crippen molar-refractivity contribution in [1.82, 2.24) is 4.90 Å². The topological polar surface area (TPSA) is 93.9 Å². The van der Waals surface area contributed by atoms with Gasteiger partial charge in [0.1, 0.15) is 0 Å². The van der Waals surface area contributed by atoms with E-state index in [0.29, 0.717) is 10.7 Å². The highest BCUT2D eigenvalue weighted by Crippen LogP contribution is 2.33. The second kappa shape index (κ2) is 10.8. The van der Waals surface area contributed by atoms with Crippen LogP contribution in [-0.2, 0) is 19.4 Å². The molecule has 3 N–H and O–H groups in total. The monoisotopic (exact) mass is 493 g/mol. The molecule has 0 saturated heterocycles. The van der Waals surface area contributed by atoms with Crippen molar-refractivity contribution in [3.05, 3.63) is 87.4 Å². The number of nitrogens with two attached hydrogens (primary N) is 1. The highest BCUT2D eigenvalue weighted by molar-refractivity contribution is 6.31. The second-order valence-corrected chi connectivity index (χ2v) is 8.89. The Morgan fingerprint density at radius 1 is 0.971 bits per heavy atom. The molecule has 182 valence electrons. The van der Waals surface area contributed by atoms with E-state index in [1.54, 1.807) is 14.2 Å². The van der Waals surface area contributed by atoms with E-state index in [2.05, 4.69) is 22.3 Å². The van der Waals surface area contributed by atoms with Crippen LogP contribution in [0.1, 0.15) is 37.4 Å². The normalized spacial score (nSPS) is 13.1. The van der Waals surface area contributed by atoms with Crippen molar-refractivity contribution in [1.29, 1.82) is 0 Å². The van der Waals surface area contributed by atoms with Crippen LogP contribution in [0.5, 0.6) is 11.5 Å². The van der Waals surface area contributed by atoms with Crippen LogP contribution in [-0.4, -0.2) is 44.0 Å². The van der Waals surface area contributed by atoms with Crippen LogP contribution < -0.4 is 20.5 Å². The first kappa shape index (κ1) is 24.6. The molecule has 0 fully saturated rings. The smallest absolute Gasteiger partial charge is 0.256 e. The lowest BCUT2D eigenvalue weighted by atomic mass is 9.98. The van der Waals surface area contributed by atoms with Gasteiger partial charge in [-0.25, -0.2) is 0 Å². The Kier molecular flexibility index (Phi) is 7.58. The Labute approximate surface area is 209 Å². The average molecular weight is 494 g/mol. The summed E-state index contributed by atoms with van der Waals surface area (Å²) in [7, 11) is 3.31. The minimum absolute atomic E-state index is 0.127. The summed E-state index contributed by atoms with van der Waals surface area (Å²) >= 11 is 6.00. The lowest BCUT2D eigenvalue weighted by Crippen LogP contribution is -2.32. The highest BCUT2D eigenvalue weighted by atomic mass is 35.5. The predicted octanol–water partition coefficient (Wildman–Crippen LogP) is 4.31. The van der Waals surface area contributed by atoms with Gasteiger partial charge in [0.05, 0.1) is 25.3 Å². The van der Waals surface area contributed by atoms with Crippen LogP contribution in [0.15, 0.2) is 54.6 Å². The van der Waals surface area contributed by atoms with Crippen molar-refractivity contribution in [3.63, 3.8) is 0 Å². The number of carbonyl (C=O) groups excluding carboxylic acids is 2. The number of methoxy groups -OCH3 is 2. The lowest BCUT2D eigenvalue weighted by molar-refractivity contribution is 0.0977. The van der Waals surface area contributed by atoms with Gasteiger partial charge in [-0.1, -0.05) is 23.7 Å². The quantitative estimate of drug-likeness (QED) is 0.487. The summed E-state index contributed by atoms with van der Waals surface area (Å²) in [4.78, 5) is 26.8. The van der Waals surface area contributed by atoms with Crippen LogP contribution in [0.2, 0.25) is 5.02 Å². The Morgan fingerprint density at radius 2 is 1.66 bits per heavy atom. The molecule has 0 aromatic heterocycles. The van der Waals surface area contributed by atoms with Crippen LogP contribution in [0.3, 0.4) is 0 Å². The molecule has 1 aliphatic rings. The lowest BCUT2D eigenvalue weighted by Gasteiger charge is -2.29. The molecule has 3 aromatic rings. The SMILES string of the molecule is COc1cc2c(cc1OC)CN(CCc1ccc(NC(=O)c3cc(Cl)ccc3C(N)=O)cc1)CC2. The number of amides is 2. The first-order valence-corrected chi connectivity index (χ1v) is 11.7. The third-order valence-electron chi connectivity index (χ3n) is 6.22. The number of carbonyl (C=O) groups is 2. The summed E-state index contributed by atoms with van der Waals surface area (Å²) in [5.74, 6) is 0.410. The third-order valence-corrected chi connectivity index (χ3v) is 6.45. The molecule has 35 heavy (non-hydrogen) atoms. The van der Waals surface area contributed by atoms with Crippen LogP contribution in [0.25, 0.3) is 0 Å². The molecule has 7 nitrogen and oxygen atoms in total. The van der Waals surface area contributed by atoms with Crippen molar-refractivity contribution in [2.45, 2.75) is 19.4 Å². The summed E-state index contributed by atoms with van der Waals surface area (Å²) in [5, 5.41) is 3.16. The fourth-order valence-corrected chi connectivity index (χ4v) is 4.46. The van der Waals surface area contributed by atoms with Crippen LogP contribution >= 0.6 is 11.6 Å². The number of ether oxygens (including phenoxy) is 2. The van der Waals surface area contributed by atoms with E-state index in [1.165, 1.54) is 34.9 Å². The summed E-state index contributed by atoms with van der Waals surface area (Å²) in [6.45, 7) is 2.77. The number of anilines is 1.